The van der Waals surface area contributed by atoms with Gasteiger partial charge in [-0.3, -0.25) is 0 Å². The number of nitrogens with zero attached hydrogens (tertiary/aromatic N) is 5. The van der Waals surface area contributed by atoms with Gasteiger partial charge in [-0.05, 0) is 41.8 Å². The molecule has 3 aromatic rings. The van der Waals surface area contributed by atoms with Crippen LogP contribution in [-0.4, -0.2) is 25.0 Å². The van der Waals surface area contributed by atoms with Crippen molar-refractivity contribution in [1.82, 2.24) is 25.0 Å². The summed E-state index contributed by atoms with van der Waals surface area (Å²) in [5.74, 6) is 0.552. The Labute approximate surface area is 117 Å². The van der Waals surface area contributed by atoms with Crippen LogP contribution >= 0.6 is 0 Å². The quantitative estimate of drug-likeness (QED) is 0.729. The Hall–Kier alpha value is -2.56. The molecule has 100 valence electrons. The highest BCUT2D eigenvalue weighted by Gasteiger charge is 2.09. The van der Waals surface area contributed by atoms with Crippen molar-refractivity contribution in [2.24, 2.45) is 0 Å². The zero-order chi connectivity index (χ0) is 13.9. The Bertz CT molecular complexity index is 759. The minimum Gasteiger partial charge on any atom is -0.215 e. The second kappa shape index (κ2) is 5.21. The number of aromatic nitrogens is 5. The summed E-state index contributed by atoms with van der Waals surface area (Å²) >= 11 is 0. The summed E-state index contributed by atoms with van der Waals surface area (Å²) in [4.78, 5) is 4.42. The molecule has 20 heavy (non-hydrogen) atoms. The third-order valence-electron chi connectivity index (χ3n) is 3.34. The van der Waals surface area contributed by atoms with E-state index in [1.807, 2.05) is 32.0 Å². The van der Waals surface area contributed by atoms with Crippen molar-refractivity contribution in [3.8, 4) is 0 Å². The van der Waals surface area contributed by atoms with Crippen LogP contribution in [0, 0.1) is 13.8 Å². The summed E-state index contributed by atoms with van der Waals surface area (Å²) in [6.45, 7) is 4.01. The second-order valence-corrected chi connectivity index (χ2v) is 4.67. The van der Waals surface area contributed by atoms with E-state index < -0.39 is 0 Å². The number of hydrogen-bond acceptors (Lipinski definition) is 4. The van der Waals surface area contributed by atoms with Crippen molar-refractivity contribution >= 4 is 11.9 Å². The fraction of sp³-hybridized carbons (Fsp3) is 0.200. The van der Waals surface area contributed by atoms with Gasteiger partial charge in [0, 0.05) is 5.69 Å². The van der Waals surface area contributed by atoms with Gasteiger partial charge in [0.25, 0.3) is 5.78 Å². The minimum absolute atomic E-state index is 0.552. The van der Waals surface area contributed by atoms with Gasteiger partial charge in [0.05, 0.1) is 5.69 Å². The van der Waals surface area contributed by atoms with Gasteiger partial charge >= 0.3 is 0 Å². The molecule has 0 aliphatic rings. The van der Waals surface area contributed by atoms with E-state index in [-0.39, 0.29) is 0 Å². The first-order chi connectivity index (χ1) is 9.75. The maximum absolute atomic E-state index is 4.42. The fourth-order valence-corrected chi connectivity index (χ4v) is 2.25. The van der Waals surface area contributed by atoms with Crippen LogP contribution in [0.15, 0.2) is 36.4 Å². The molecule has 2 aromatic heterocycles. The Balaban J connectivity index is 1.89. The van der Waals surface area contributed by atoms with E-state index >= 15 is 0 Å². The first-order valence-electron chi connectivity index (χ1n) is 6.51. The van der Waals surface area contributed by atoms with E-state index in [2.05, 4.69) is 44.8 Å². The molecular weight excluding hydrogens is 250 g/mol. The molecule has 5 nitrogen and oxygen atoms in total. The van der Waals surface area contributed by atoms with Gasteiger partial charge in [-0.25, -0.2) is 4.98 Å². The number of fused-ring (bicyclic) bond motifs is 1. The van der Waals surface area contributed by atoms with Crippen LogP contribution in [0.4, 0.5) is 0 Å². The molecule has 0 unspecified atom stereocenters. The highest BCUT2D eigenvalue weighted by molar-refractivity contribution is 5.50. The molecule has 0 saturated heterocycles. The first kappa shape index (κ1) is 12.5. The molecule has 0 N–H and O–H groups in total. The lowest BCUT2D eigenvalue weighted by Gasteiger charge is -2.07. The smallest absolute Gasteiger partial charge is 0.215 e. The number of tetrazole rings is 1. The van der Waals surface area contributed by atoms with E-state index in [4.69, 9.17) is 0 Å². The zero-order valence-corrected chi connectivity index (χ0v) is 11.5. The first-order valence-corrected chi connectivity index (χ1v) is 6.51. The molecule has 0 atom stereocenters. The van der Waals surface area contributed by atoms with Crippen molar-refractivity contribution in [3.63, 3.8) is 0 Å². The highest BCUT2D eigenvalue weighted by atomic mass is 15.5. The molecule has 0 radical (unpaired) electrons. The third kappa shape index (κ3) is 2.30. The standard InChI is InChI=1S/C15H15N5/c1-11-14(10-6-9-13-7-4-3-5-8-13)12(2)20-15(16-11)17-18-19-20/h3-9H,10H2,1-2H3/b9-6+. The van der Waals surface area contributed by atoms with Crippen molar-refractivity contribution in [2.75, 3.05) is 0 Å². The zero-order valence-electron chi connectivity index (χ0n) is 11.5. The van der Waals surface area contributed by atoms with Crippen LogP contribution in [0.3, 0.4) is 0 Å². The minimum atomic E-state index is 0.552. The monoisotopic (exact) mass is 265 g/mol. The van der Waals surface area contributed by atoms with Crippen LogP contribution in [0.2, 0.25) is 0 Å². The topological polar surface area (TPSA) is 56.0 Å². The lowest BCUT2D eigenvalue weighted by molar-refractivity contribution is 0.787. The van der Waals surface area contributed by atoms with Crippen LogP contribution in [0.25, 0.3) is 11.9 Å². The van der Waals surface area contributed by atoms with E-state index in [9.17, 15) is 0 Å². The molecule has 0 spiro atoms. The van der Waals surface area contributed by atoms with Crippen molar-refractivity contribution in [3.05, 3.63) is 58.9 Å². The summed E-state index contributed by atoms with van der Waals surface area (Å²) < 4.78 is 1.68. The number of aryl methyl sites for hydroxylation is 2. The van der Waals surface area contributed by atoms with Gasteiger partial charge in [-0.15, -0.1) is 0 Å². The number of benzene rings is 1. The van der Waals surface area contributed by atoms with Gasteiger partial charge in [0.1, 0.15) is 0 Å². The molecule has 2 heterocycles. The van der Waals surface area contributed by atoms with Crippen molar-refractivity contribution in [2.45, 2.75) is 20.3 Å². The lowest BCUT2D eigenvalue weighted by atomic mass is 10.1. The van der Waals surface area contributed by atoms with Crippen molar-refractivity contribution in [1.29, 1.82) is 0 Å². The maximum atomic E-state index is 4.42. The highest BCUT2D eigenvalue weighted by Crippen LogP contribution is 2.14. The predicted molar refractivity (Wildman–Crippen MR) is 77.2 cm³/mol. The summed E-state index contributed by atoms with van der Waals surface area (Å²) in [7, 11) is 0. The molecule has 0 bridgehead atoms. The molecule has 0 aliphatic carbocycles. The average molecular weight is 265 g/mol. The van der Waals surface area contributed by atoms with Crippen LogP contribution < -0.4 is 0 Å². The SMILES string of the molecule is Cc1nc2nnnn2c(C)c1C/C=C/c1ccccc1. The Morgan fingerprint density at radius 3 is 2.75 bits per heavy atom. The summed E-state index contributed by atoms with van der Waals surface area (Å²) in [6, 6.07) is 10.2. The fourth-order valence-electron chi connectivity index (χ4n) is 2.25. The molecule has 1 aromatic carbocycles. The van der Waals surface area contributed by atoms with E-state index in [1.54, 1.807) is 4.52 Å². The molecule has 0 amide bonds. The molecule has 0 aliphatic heterocycles. The van der Waals surface area contributed by atoms with E-state index in [1.165, 1.54) is 5.56 Å². The van der Waals surface area contributed by atoms with Crippen LogP contribution in [0.5, 0.6) is 0 Å². The van der Waals surface area contributed by atoms with Crippen LogP contribution in [0.1, 0.15) is 22.5 Å². The molecule has 0 fully saturated rings. The van der Waals surface area contributed by atoms with Crippen molar-refractivity contribution < 1.29 is 0 Å². The third-order valence-corrected chi connectivity index (χ3v) is 3.34. The molecule has 5 heteroatoms. The second-order valence-electron chi connectivity index (χ2n) is 4.67. The number of rotatable bonds is 3. The lowest BCUT2D eigenvalue weighted by Crippen LogP contribution is -2.05. The van der Waals surface area contributed by atoms with Gasteiger partial charge in [0.15, 0.2) is 0 Å². The molecule has 0 saturated carbocycles. The van der Waals surface area contributed by atoms with Gasteiger partial charge in [0.2, 0.25) is 0 Å². The van der Waals surface area contributed by atoms with E-state index in [0.29, 0.717) is 5.78 Å². The largest absolute Gasteiger partial charge is 0.273 e. The Morgan fingerprint density at radius 1 is 1.15 bits per heavy atom. The van der Waals surface area contributed by atoms with Gasteiger partial charge < -0.3 is 0 Å². The van der Waals surface area contributed by atoms with Crippen LogP contribution in [-0.2, 0) is 6.42 Å². The average Bonchev–Trinajstić information content (AvgIpc) is 2.92. The van der Waals surface area contributed by atoms with E-state index in [0.717, 1.165) is 23.4 Å². The number of allylic oxidation sites excluding steroid dienone is 1. The summed E-state index contributed by atoms with van der Waals surface area (Å²) in [5, 5.41) is 11.5. The maximum Gasteiger partial charge on any atom is 0.273 e. The molecular formula is C15H15N5. The van der Waals surface area contributed by atoms with Gasteiger partial charge in [-0.1, -0.05) is 47.6 Å². The Kier molecular flexibility index (Phi) is 3.25. The summed E-state index contributed by atoms with van der Waals surface area (Å²) in [6.07, 6.45) is 5.07. The number of hydrogen-bond donors (Lipinski definition) is 0. The Morgan fingerprint density at radius 2 is 1.95 bits per heavy atom. The predicted octanol–water partition coefficient (Wildman–Crippen LogP) is 2.39. The van der Waals surface area contributed by atoms with Gasteiger partial charge in [-0.2, -0.15) is 4.52 Å². The normalized spacial score (nSPS) is 11.5. The molecule has 3 rings (SSSR count). The summed E-state index contributed by atoms with van der Waals surface area (Å²) in [5.41, 5.74) is 4.37.